The van der Waals surface area contributed by atoms with Gasteiger partial charge in [-0.25, -0.2) is 0 Å². The van der Waals surface area contributed by atoms with Crippen LogP contribution < -0.4 is 10.6 Å². The number of rotatable bonds is 3. The fraction of sp³-hybridized carbons (Fsp3) is 0.154. The highest BCUT2D eigenvalue weighted by molar-refractivity contribution is 5.69. The molecule has 0 atom stereocenters. The molecule has 0 amide bonds. The number of hydrogen-bond acceptors (Lipinski definition) is 3. The molecule has 1 aromatic heterocycles. The summed E-state index contributed by atoms with van der Waals surface area (Å²) in [5, 5.41) is 8.78. The average molecular weight is 226 g/mol. The van der Waals surface area contributed by atoms with Gasteiger partial charge in [-0.3, -0.25) is 0 Å². The zero-order valence-electron chi connectivity index (χ0n) is 9.64. The van der Waals surface area contributed by atoms with Crippen molar-refractivity contribution in [2.24, 2.45) is 0 Å². The summed E-state index contributed by atoms with van der Waals surface area (Å²) >= 11 is 0. The maximum Gasteiger partial charge on any atom is 0.0992 e. The summed E-state index contributed by atoms with van der Waals surface area (Å²) in [5.41, 5.74) is 9.26. The number of benzene rings is 1. The summed E-state index contributed by atoms with van der Waals surface area (Å²) in [6.07, 6.45) is 3.85. The first-order valence-electron chi connectivity index (χ1n) is 5.33. The van der Waals surface area contributed by atoms with E-state index in [9.17, 15) is 0 Å². The Morgan fingerprint density at radius 1 is 1.41 bits per heavy atom. The number of aromatic nitrogens is 1. The smallest absolute Gasteiger partial charge is 0.0992 e. The number of anilines is 2. The molecule has 0 unspecified atom stereocenters. The third-order valence-electron chi connectivity index (χ3n) is 2.65. The van der Waals surface area contributed by atoms with E-state index in [1.807, 2.05) is 31.6 Å². The lowest BCUT2D eigenvalue weighted by atomic mass is 10.1. The molecule has 0 bridgehead atoms. The lowest BCUT2D eigenvalue weighted by Crippen LogP contribution is -2.17. The highest BCUT2D eigenvalue weighted by Crippen LogP contribution is 2.24. The van der Waals surface area contributed by atoms with Gasteiger partial charge in [0.05, 0.1) is 23.0 Å². The van der Waals surface area contributed by atoms with E-state index < -0.39 is 0 Å². The van der Waals surface area contributed by atoms with Crippen LogP contribution in [0.15, 0.2) is 36.7 Å². The van der Waals surface area contributed by atoms with Crippen LogP contribution in [0, 0.1) is 11.3 Å². The number of nitrogens with one attached hydrogen (secondary N) is 1. The molecule has 2 rings (SSSR count). The van der Waals surface area contributed by atoms with Gasteiger partial charge in [0.2, 0.25) is 0 Å². The van der Waals surface area contributed by atoms with Gasteiger partial charge < -0.3 is 15.6 Å². The third kappa shape index (κ3) is 2.40. The van der Waals surface area contributed by atoms with E-state index in [2.05, 4.69) is 16.0 Å². The van der Waals surface area contributed by atoms with Crippen molar-refractivity contribution in [3.8, 4) is 6.07 Å². The van der Waals surface area contributed by atoms with E-state index in [1.54, 1.807) is 12.1 Å². The Hall–Kier alpha value is -2.41. The number of nitrogens with zero attached hydrogens (tertiary/aromatic N) is 2. The van der Waals surface area contributed by atoms with Crippen molar-refractivity contribution < 1.29 is 0 Å². The second-order valence-corrected chi connectivity index (χ2v) is 3.96. The molecule has 4 heteroatoms. The molecule has 0 aliphatic rings. The largest absolute Gasteiger partial charge is 0.397 e. The third-order valence-corrected chi connectivity index (χ3v) is 2.65. The summed E-state index contributed by atoms with van der Waals surface area (Å²) in [6.45, 7) is 0.777. The molecule has 0 aliphatic heterocycles. The van der Waals surface area contributed by atoms with E-state index >= 15 is 0 Å². The number of aromatic amines is 1. The zero-order chi connectivity index (χ0) is 12.3. The summed E-state index contributed by atoms with van der Waals surface area (Å²) < 4.78 is 0. The van der Waals surface area contributed by atoms with Gasteiger partial charge in [0.25, 0.3) is 0 Å². The van der Waals surface area contributed by atoms with Crippen molar-refractivity contribution >= 4 is 11.4 Å². The quantitative estimate of drug-likeness (QED) is 0.787. The minimum atomic E-state index is 0.585. The van der Waals surface area contributed by atoms with Crippen LogP contribution in [0.2, 0.25) is 0 Å². The van der Waals surface area contributed by atoms with Gasteiger partial charge in [0.1, 0.15) is 0 Å². The summed E-state index contributed by atoms with van der Waals surface area (Å²) in [7, 11) is 1.98. The maximum atomic E-state index is 8.78. The van der Waals surface area contributed by atoms with Crippen molar-refractivity contribution in [1.29, 1.82) is 5.26 Å². The normalized spacial score (nSPS) is 9.88. The second-order valence-electron chi connectivity index (χ2n) is 3.96. The van der Waals surface area contributed by atoms with Crippen molar-refractivity contribution in [3.05, 3.63) is 47.8 Å². The van der Waals surface area contributed by atoms with Gasteiger partial charge in [-0.1, -0.05) is 0 Å². The van der Waals surface area contributed by atoms with E-state index in [0.717, 1.165) is 12.2 Å². The Bertz CT molecular complexity index is 537. The lowest BCUT2D eigenvalue weighted by molar-refractivity contribution is 0.926. The van der Waals surface area contributed by atoms with Crippen LogP contribution in [0.3, 0.4) is 0 Å². The predicted molar refractivity (Wildman–Crippen MR) is 68.5 cm³/mol. The Kier molecular flexibility index (Phi) is 3.01. The van der Waals surface area contributed by atoms with Crippen molar-refractivity contribution in [3.63, 3.8) is 0 Å². The summed E-state index contributed by atoms with van der Waals surface area (Å²) in [5.74, 6) is 0. The molecule has 0 fully saturated rings. The van der Waals surface area contributed by atoms with Gasteiger partial charge in [-0.2, -0.15) is 5.26 Å². The van der Waals surface area contributed by atoms with E-state index in [1.165, 1.54) is 5.56 Å². The van der Waals surface area contributed by atoms with E-state index in [0.29, 0.717) is 11.3 Å². The van der Waals surface area contributed by atoms with Crippen LogP contribution >= 0.6 is 0 Å². The van der Waals surface area contributed by atoms with Crippen LogP contribution in [0.4, 0.5) is 11.4 Å². The first kappa shape index (κ1) is 11.1. The SMILES string of the molecule is CN(Cc1cc[nH]c1)c1ccc(C#N)cc1N. The van der Waals surface area contributed by atoms with Crippen LogP contribution in [0.25, 0.3) is 0 Å². The molecule has 2 aromatic rings. The molecule has 0 saturated carbocycles. The van der Waals surface area contributed by atoms with Crippen LogP contribution in [-0.2, 0) is 6.54 Å². The maximum absolute atomic E-state index is 8.78. The number of nitriles is 1. The monoisotopic (exact) mass is 226 g/mol. The molecule has 1 heterocycles. The van der Waals surface area contributed by atoms with Crippen molar-refractivity contribution in [1.82, 2.24) is 4.98 Å². The topological polar surface area (TPSA) is 68.8 Å². The molecule has 0 aliphatic carbocycles. The van der Waals surface area contributed by atoms with E-state index in [-0.39, 0.29) is 0 Å². The predicted octanol–water partition coefficient (Wildman–Crippen LogP) is 2.10. The van der Waals surface area contributed by atoms with Crippen LogP contribution in [0.5, 0.6) is 0 Å². The first-order valence-corrected chi connectivity index (χ1v) is 5.33. The highest BCUT2D eigenvalue weighted by Gasteiger charge is 2.07. The number of H-pyrrole nitrogens is 1. The first-order chi connectivity index (χ1) is 8.20. The molecule has 86 valence electrons. The Morgan fingerprint density at radius 3 is 2.82 bits per heavy atom. The van der Waals surface area contributed by atoms with Gasteiger partial charge >= 0.3 is 0 Å². The fourth-order valence-electron chi connectivity index (χ4n) is 1.79. The molecule has 0 saturated heterocycles. The Balaban J connectivity index is 2.20. The van der Waals surface area contributed by atoms with Crippen molar-refractivity contribution in [2.75, 3.05) is 17.7 Å². The van der Waals surface area contributed by atoms with Crippen molar-refractivity contribution in [2.45, 2.75) is 6.54 Å². The number of nitrogen functional groups attached to an aromatic ring is 1. The minimum absolute atomic E-state index is 0.585. The molecule has 1 aromatic carbocycles. The molecule has 4 nitrogen and oxygen atoms in total. The second kappa shape index (κ2) is 4.62. The standard InChI is InChI=1S/C13H14N4/c1-17(9-11-4-5-16-8-11)13-3-2-10(7-14)6-12(13)15/h2-6,8,16H,9,15H2,1H3. The number of hydrogen-bond donors (Lipinski definition) is 2. The fourth-order valence-corrected chi connectivity index (χ4v) is 1.79. The summed E-state index contributed by atoms with van der Waals surface area (Å²) in [6, 6.07) is 9.45. The number of nitrogens with two attached hydrogens (primary N) is 1. The van der Waals surface area contributed by atoms with Crippen LogP contribution in [0.1, 0.15) is 11.1 Å². The van der Waals surface area contributed by atoms with Gasteiger partial charge in [-0.15, -0.1) is 0 Å². The lowest BCUT2D eigenvalue weighted by Gasteiger charge is -2.20. The highest BCUT2D eigenvalue weighted by atomic mass is 15.1. The average Bonchev–Trinajstić information content (AvgIpc) is 2.81. The zero-order valence-corrected chi connectivity index (χ0v) is 9.64. The molecule has 0 spiro atoms. The summed E-state index contributed by atoms with van der Waals surface area (Å²) in [4.78, 5) is 5.07. The van der Waals surface area contributed by atoms with Gasteiger partial charge in [-0.05, 0) is 29.8 Å². The molecular formula is C13H14N4. The molecule has 0 radical (unpaired) electrons. The minimum Gasteiger partial charge on any atom is -0.397 e. The molecular weight excluding hydrogens is 212 g/mol. The van der Waals surface area contributed by atoms with E-state index in [4.69, 9.17) is 11.0 Å². The van der Waals surface area contributed by atoms with Gasteiger partial charge in [0.15, 0.2) is 0 Å². The molecule has 3 N–H and O–H groups in total. The molecule has 17 heavy (non-hydrogen) atoms. The van der Waals surface area contributed by atoms with Crippen LogP contribution in [-0.4, -0.2) is 12.0 Å². The Labute approximate surface area is 100 Å². The Morgan fingerprint density at radius 2 is 2.24 bits per heavy atom. The van der Waals surface area contributed by atoms with Gasteiger partial charge in [0, 0.05) is 26.0 Å².